The lowest BCUT2D eigenvalue weighted by Crippen LogP contribution is -2.42. The van der Waals surface area contributed by atoms with Gasteiger partial charge in [0, 0.05) is 13.0 Å². The Labute approximate surface area is 172 Å². The minimum Gasteiger partial charge on any atom is -0.467 e. The summed E-state index contributed by atoms with van der Waals surface area (Å²) in [5.41, 5.74) is 2.66. The number of hydrogen-bond acceptors (Lipinski definition) is 6. The van der Waals surface area contributed by atoms with Gasteiger partial charge in [-0.1, -0.05) is 29.8 Å². The molecule has 2 aliphatic heterocycles. The van der Waals surface area contributed by atoms with E-state index in [1.807, 2.05) is 31.2 Å². The summed E-state index contributed by atoms with van der Waals surface area (Å²) in [6.07, 6.45) is 1.93. The van der Waals surface area contributed by atoms with Crippen LogP contribution in [0.2, 0.25) is 0 Å². The number of furan rings is 1. The monoisotopic (exact) mass is 408 g/mol. The molecule has 1 aromatic carbocycles. The summed E-state index contributed by atoms with van der Waals surface area (Å²) in [5, 5.41) is 5.70. The third-order valence-electron chi connectivity index (χ3n) is 5.17. The summed E-state index contributed by atoms with van der Waals surface area (Å²) in [5.74, 6) is -1.97. The molecule has 2 aliphatic rings. The second-order valence-electron chi connectivity index (χ2n) is 7.11. The fourth-order valence-corrected chi connectivity index (χ4v) is 3.54. The van der Waals surface area contributed by atoms with Gasteiger partial charge in [-0.3, -0.25) is 19.3 Å². The number of hydrazone groups is 1. The zero-order valence-corrected chi connectivity index (χ0v) is 16.6. The molecule has 30 heavy (non-hydrogen) atoms. The first-order chi connectivity index (χ1) is 14.4. The first-order valence-electron chi connectivity index (χ1n) is 9.58. The lowest BCUT2D eigenvalue weighted by molar-refractivity contribution is -0.145. The molecule has 9 heteroatoms. The average Bonchev–Trinajstić information content (AvgIpc) is 3.45. The first kappa shape index (κ1) is 19.6. The molecule has 0 radical (unpaired) electrons. The number of amides is 5. The predicted molar refractivity (Wildman–Crippen MR) is 105 cm³/mol. The van der Waals surface area contributed by atoms with Crippen molar-refractivity contribution in [3.8, 4) is 0 Å². The van der Waals surface area contributed by atoms with Gasteiger partial charge in [0.1, 0.15) is 18.3 Å². The summed E-state index contributed by atoms with van der Waals surface area (Å²) < 4.78 is 5.49. The molecule has 0 N–H and O–H groups in total. The quantitative estimate of drug-likeness (QED) is 0.557. The number of aryl methyl sites for hydroxylation is 1. The summed E-state index contributed by atoms with van der Waals surface area (Å²) in [6, 6.07) is 9.92. The van der Waals surface area contributed by atoms with Gasteiger partial charge < -0.3 is 4.42 Å². The smallest absolute Gasteiger partial charge is 0.334 e. The van der Waals surface area contributed by atoms with Gasteiger partial charge in [-0.25, -0.2) is 14.7 Å². The van der Waals surface area contributed by atoms with Gasteiger partial charge >= 0.3 is 17.8 Å². The van der Waals surface area contributed by atoms with Crippen LogP contribution in [0.5, 0.6) is 0 Å². The summed E-state index contributed by atoms with van der Waals surface area (Å²) >= 11 is 0. The Hall–Kier alpha value is -3.75. The van der Waals surface area contributed by atoms with Crippen LogP contribution < -0.4 is 0 Å². The van der Waals surface area contributed by atoms with Crippen LogP contribution in [0, 0.1) is 6.92 Å². The van der Waals surface area contributed by atoms with Crippen molar-refractivity contribution >= 4 is 29.5 Å². The van der Waals surface area contributed by atoms with Crippen molar-refractivity contribution in [2.75, 3.05) is 13.1 Å². The van der Waals surface area contributed by atoms with Gasteiger partial charge in [0.05, 0.1) is 12.0 Å². The Morgan fingerprint density at radius 1 is 1.10 bits per heavy atom. The summed E-state index contributed by atoms with van der Waals surface area (Å²) in [7, 11) is 0. The number of imide groups is 2. The van der Waals surface area contributed by atoms with E-state index >= 15 is 0 Å². The van der Waals surface area contributed by atoms with Crippen LogP contribution >= 0.6 is 0 Å². The van der Waals surface area contributed by atoms with Crippen molar-refractivity contribution in [2.45, 2.75) is 26.3 Å². The van der Waals surface area contributed by atoms with Crippen LogP contribution in [0.4, 0.5) is 4.79 Å². The molecular weight excluding hydrogens is 388 g/mol. The maximum absolute atomic E-state index is 13.0. The number of carbonyl (C=O) groups is 4. The second-order valence-corrected chi connectivity index (χ2v) is 7.11. The Kier molecular flexibility index (Phi) is 4.94. The number of urea groups is 1. The Bertz CT molecular complexity index is 1040. The lowest BCUT2D eigenvalue weighted by Gasteiger charge is -2.22. The van der Waals surface area contributed by atoms with E-state index in [4.69, 9.17) is 4.42 Å². The molecular formula is C21H20N4O5. The summed E-state index contributed by atoms with van der Waals surface area (Å²) in [4.78, 5) is 50.9. The number of likely N-dealkylation sites (N-methyl/N-ethyl adjacent to an activating group) is 1. The second kappa shape index (κ2) is 7.58. The molecule has 0 spiro atoms. The number of benzene rings is 1. The van der Waals surface area contributed by atoms with Crippen molar-refractivity contribution in [1.29, 1.82) is 0 Å². The van der Waals surface area contributed by atoms with Crippen molar-refractivity contribution in [3.05, 3.63) is 59.5 Å². The third-order valence-corrected chi connectivity index (χ3v) is 5.17. The SMILES string of the molecule is CCN1C(=O)C(=O)N(CC(=O)N2N=C(c3ccc(C)cc3)C[C@H]2c2ccco2)C1=O. The van der Waals surface area contributed by atoms with Gasteiger partial charge in [-0.05, 0) is 31.5 Å². The van der Waals surface area contributed by atoms with Crippen molar-refractivity contribution in [1.82, 2.24) is 14.8 Å². The largest absolute Gasteiger partial charge is 0.467 e. The molecule has 1 fully saturated rings. The molecule has 4 rings (SSSR count). The van der Waals surface area contributed by atoms with E-state index in [0.29, 0.717) is 22.8 Å². The van der Waals surface area contributed by atoms with Crippen LogP contribution in [-0.4, -0.2) is 57.4 Å². The molecule has 0 aliphatic carbocycles. The standard InChI is InChI=1S/C21H20N4O5/c1-3-23-19(27)20(28)24(21(23)29)12-18(26)25-16(17-5-4-10-30-17)11-15(22-25)14-8-6-13(2)7-9-14/h4-10,16H,3,11-12H2,1-2H3/t16-/m0/s1. The zero-order chi connectivity index (χ0) is 21.4. The first-order valence-corrected chi connectivity index (χ1v) is 9.58. The minimum absolute atomic E-state index is 0.0581. The molecule has 154 valence electrons. The normalized spacial score (nSPS) is 19.1. The van der Waals surface area contributed by atoms with Crippen molar-refractivity contribution in [2.24, 2.45) is 5.10 Å². The number of hydrogen-bond donors (Lipinski definition) is 0. The Morgan fingerprint density at radius 2 is 1.80 bits per heavy atom. The lowest BCUT2D eigenvalue weighted by atomic mass is 10.0. The molecule has 9 nitrogen and oxygen atoms in total. The van der Waals surface area contributed by atoms with Crippen LogP contribution in [0.1, 0.15) is 36.3 Å². The molecule has 1 atom stereocenters. The van der Waals surface area contributed by atoms with E-state index < -0.39 is 36.3 Å². The number of nitrogens with zero attached hydrogens (tertiary/aromatic N) is 4. The number of carbonyl (C=O) groups excluding carboxylic acids is 4. The number of rotatable bonds is 5. The van der Waals surface area contributed by atoms with Gasteiger partial charge in [0.25, 0.3) is 5.91 Å². The zero-order valence-electron chi connectivity index (χ0n) is 16.6. The minimum atomic E-state index is -1.01. The molecule has 0 bridgehead atoms. The van der Waals surface area contributed by atoms with E-state index in [9.17, 15) is 19.2 Å². The van der Waals surface area contributed by atoms with E-state index in [1.165, 1.54) is 11.3 Å². The molecule has 0 saturated carbocycles. The van der Waals surface area contributed by atoms with Crippen molar-refractivity contribution < 1.29 is 23.6 Å². The van der Waals surface area contributed by atoms with E-state index in [0.717, 1.165) is 16.0 Å². The third kappa shape index (κ3) is 3.28. The van der Waals surface area contributed by atoms with Crippen LogP contribution in [0.3, 0.4) is 0 Å². The predicted octanol–water partition coefficient (Wildman–Crippen LogP) is 2.08. The molecule has 0 unspecified atom stereocenters. The van der Waals surface area contributed by atoms with Gasteiger partial charge in [0.2, 0.25) is 0 Å². The fourth-order valence-electron chi connectivity index (χ4n) is 3.54. The van der Waals surface area contributed by atoms with E-state index in [-0.39, 0.29) is 6.54 Å². The van der Waals surface area contributed by atoms with Gasteiger partial charge in [-0.15, -0.1) is 0 Å². The van der Waals surface area contributed by atoms with Crippen LogP contribution in [-0.2, 0) is 14.4 Å². The Morgan fingerprint density at radius 3 is 2.40 bits per heavy atom. The molecule has 1 aromatic heterocycles. The van der Waals surface area contributed by atoms with Crippen LogP contribution in [0.15, 0.2) is 52.2 Å². The van der Waals surface area contributed by atoms with Gasteiger partial charge in [-0.2, -0.15) is 5.10 Å². The highest BCUT2D eigenvalue weighted by atomic mass is 16.3. The van der Waals surface area contributed by atoms with Crippen LogP contribution in [0.25, 0.3) is 0 Å². The molecule has 2 aromatic rings. The maximum Gasteiger partial charge on any atom is 0.334 e. The molecule has 3 heterocycles. The van der Waals surface area contributed by atoms with E-state index in [2.05, 4.69) is 5.10 Å². The highest BCUT2D eigenvalue weighted by molar-refractivity contribution is 6.45. The van der Waals surface area contributed by atoms with E-state index in [1.54, 1.807) is 19.1 Å². The van der Waals surface area contributed by atoms with Gasteiger partial charge in [0.15, 0.2) is 0 Å². The molecule has 1 saturated heterocycles. The fraction of sp³-hybridized carbons (Fsp3) is 0.286. The highest BCUT2D eigenvalue weighted by Gasteiger charge is 2.46. The topological polar surface area (TPSA) is 104 Å². The maximum atomic E-state index is 13.0. The molecule has 5 amide bonds. The van der Waals surface area contributed by atoms with Crippen molar-refractivity contribution in [3.63, 3.8) is 0 Å². The highest BCUT2D eigenvalue weighted by Crippen LogP contribution is 2.33. The Balaban J connectivity index is 1.61. The average molecular weight is 408 g/mol. The summed E-state index contributed by atoms with van der Waals surface area (Å²) in [6.45, 7) is 3.05.